The van der Waals surface area contributed by atoms with Gasteiger partial charge in [-0.2, -0.15) is 0 Å². The molecule has 0 aliphatic rings. The summed E-state index contributed by atoms with van der Waals surface area (Å²) < 4.78 is 12.2. The van der Waals surface area contributed by atoms with Crippen molar-refractivity contribution < 1.29 is 9.47 Å². The number of ether oxygens (including phenoxy) is 2. The van der Waals surface area contributed by atoms with E-state index >= 15 is 0 Å². The van der Waals surface area contributed by atoms with Crippen molar-refractivity contribution in [1.29, 1.82) is 0 Å². The highest BCUT2D eigenvalue weighted by molar-refractivity contribution is 9.10. The van der Waals surface area contributed by atoms with Crippen LogP contribution < -0.4 is 14.8 Å². The van der Waals surface area contributed by atoms with Gasteiger partial charge < -0.3 is 14.8 Å². The van der Waals surface area contributed by atoms with E-state index in [0.29, 0.717) is 19.8 Å². The van der Waals surface area contributed by atoms with Gasteiger partial charge >= 0.3 is 0 Å². The molecule has 0 atom stereocenters. The summed E-state index contributed by atoms with van der Waals surface area (Å²) in [5.41, 5.74) is 1.10. The Morgan fingerprint density at radius 2 is 1.90 bits per heavy atom. The van der Waals surface area contributed by atoms with Crippen LogP contribution in [0.25, 0.3) is 0 Å². The highest BCUT2D eigenvalue weighted by Gasteiger charge is 2.10. The minimum absolute atomic E-state index is 0.612. The van der Waals surface area contributed by atoms with E-state index in [2.05, 4.69) is 26.2 Å². The molecule has 0 saturated carbocycles. The smallest absolute Gasteiger partial charge is 0.182 e. The van der Waals surface area contributed by atoms with E-state index in [9.17, 15) is 0 Å². The minimum atomic E-state index is 0.612. The van der Waals surface area contributed by atoms with Gasteiger partial charge in [0.15, 0.2) is 16.6 Å². The van der Waals surface area contributed by atoms with Crippen molar-refractivity contribution in [2.45, 2.75) is 20.4 Å². The van der Waals surface area contributed by atoms with Gasteiger partial charge in [0.2, 0.25) is 0 Å². The van der Waals surface area contributed by atoms with Crippen LogP contribution in [0.4, 0.5) is 5.13 Å². The maximum absolute atomic E-state index is 5.64. The number of nitrogens with zero attached hydrogens (tertiary/aromatic N) is 1. The molecule has 1 aromatic carbocycles. The first kappa shape index (κ1) is 15.1. The fourth-order valence-electron chi connectivity index (χ4n) is 1.73. The van der Waals surface area contributed by atoms with Gasteiger partial charge in [-0.15, -0.1) is 11.3 Å². The number of benzene rings is 1. The molecule has 0 unspecified atom stereocenters. The van der Waals surface area contributed by atoms with E-state index in [4.69, 9.17) is 9.47 Å². The highest BCUT2D eigenvalue weighted by atomic mass is 79.9. The Morgan fingerprint density at radius 3 is 2.50 bits per heavy atom. The van der Waals surface area contributed by atoms with Crippen molar-refractivity contribution >= 4 is 32.4 Å². The van der Waals surface area contributed by atoms with Crippen LogP contribution in [0.3, 0.4) is 0 Å². The topological polar surface area (TPSA) is 43.4 Å². The van der Waals surface area contributed by atoms with Gasteiger partial charge in [0.25, 0.3) is 0 Å². The molecule has 0 amide bonds. The van der Waals surface area contributed by atoms with Crippen molar-refractivity contribution in [3.63, 3.8) is 0 Å². The summed E-state index contributed by atoms with van der Waals surface area (Å²) >= 11 is 5.15. The van der Waals surface area contributed by atoms with Crippen LogP contribution in [0.15, 0.2) is 28.2 Å². The largest absolute Gasteiger partial charge is 0.490 e. The second-order valence-electron chi connectivity index (χ2n) is 3.95. The molecule has 0 radical (unpaired) electrons. The minimum Gasteiger partial charge on any atom is -0.490 e. The van der Waals surface area contributed by atoms with Crippen LogP contribution >= 0.6 is 27.3 Å². The number of nitrogens with one attached hydrogen (secondary N) is 1. The molecule has 2 aromatic rings. The van der Waals surface area contributed by atoms with Crippen molar-refractivity contribution in [3.8, 4) is 11.5 Å². The summed E-state index contributed by atoms with van der Waals surface area (Å²) in [4.78, 5) is 4.20. The average Bonchev–Trinajstić information content (AvgIpc) is 2.94. The van der Waals surface area contributed by atoms with Gasteiger partial charge in [0, 0.05) is 22.6 Å². The van der Waals surface area contributed by atoms with Crippen LogP contribution in [0.1, 0.15) is 19.4 Å². The molecule has 1 heterocycles. The SMILES string of the molecule is CCOc1cc(Br)c(CNc2nccs2)cc1OCC. The Balaban J connectivity index is 2.17. The van der Waals surface area contributed by atoms with Gasteiger partial charge in [0.05, 0.1) is 13.2 Å². The van der Waals surface area contributed by atoms with Crippen molar-refractivity contribution in [2.75, 3.05) is 18.5 Å². The molecule has 0 bridgehead atoms. The lowest BCUT2D eigenvalue weighted by molar-refractivity contribution is 0.287. The summed E-state index contributed by atoms with van der Waals surface area (Å²) in [7, 11) is 0. The number of rotatable bonds is 7. The first-order chi connectivity index (χ1) is 9.74. The highest BCUT2D eigenvalue weighted by Crippen LogP contribution is 2.34. The average molecular weight is 357 g/mol. The van der Waals surface area contributed by atoms with Crippen LogP contribution in [0, 0.1) is 0 Å². The van der Waals surface area contributed by atoms with E-state index in [-0.39, 0.29) is 0 Å². The van der Waals surface area contributed by atoms with Gasteiger partial charge in [-0.25, -0.2) is 4.98 Å². The second kappa shape index (κ2) is 7.50. The molecular formula is C14H17BrN2O2S. The van der Waals surface area contributed by atoms with E-state index in [1.54, 1.807) is 17.5 Å². The van der Waals surface area contributed by atoms with E-state index < -0.39 is 0 Å². The third-order valence-corrected chi connectivity index (χ3v) is 4.04. The predicted octanol–water partition coefficient (Wildman–Crippen LogP) is 4.32. The Morgan fingerprint density at radius 1 is 1.20 bits per heavy atom. The van der Waals surface area contributed by atoms with Gasteiger partial charge in [-0.3, -0.25) is 0 Å². The Bertz CT molecular complexity index is 546. The van der Waals surface area contributed by atoms with Crippen LogP contribution in [-0.2, 0) is 6.54 Å². The van der Waals surface area contributed by atoms with Crippen LogP contribution in [-0.4, -0.2) is 18.2 Å². The number of hydrogen-bond acceptors (Lipinski definition) is 5. The Hall–Kier alpha value is -1.27. The van der Waals surface area contributed by atoms with Crippen LogP contribution in [0.2, 0.25) is 0 Å². The third-order valence-electron chi connectivity index (χ3n) is 2.57. The standard InChI is InChI=1S/C14H17BrN2O2S/c1-3-18-12-7-10(9-17-14-16-5-6-20-14)11(15)8-13(12)19-4-2/h5-8H,3-4,9H2,1-2H3,(H,16,17). The summed E-state index contributed by atoms with van der Waals surface area (Å²) in [6, 6.07) is 3.95. The van der Waals surface area contributed by atoms with Gasteiger partial charge in [-0.05, 0) is 31.5 Å². The first-order valence-electron chi connectivity index (χ1n) is 6.46. The Kier molecular flexibility index (Phi) is 5.67. The lowest BCUT2D eigenvalue weighted by Crippen LogP contribution is -2.03. The Labute approximate surface area is 131 Å². The molecule has 108 valence electrons. The molecule has 2 rings (SSSR count). The molecule has 20 heavy (non-hydrogen) atoms. The van der Waals surface area contributed by atoms with Crippen molar-refractivity contribution in [3.05, 3.63) is 33.7 Å². The fourth-order valence-corrected chi connectivity index (χ4v) is 2.72. The number of hydrogen-bond donors (Lipinski definition) is 1. The molecule has 0 spiro atoms. The summed E-state index contributed by atoms with van der Waals surface area (Å²) in [5, 5.41) is 6.14. The molecule has 0 saturated heterocycles. The van der Waals surface area contributed by atoms with E-state index in [1.807, 2.05) is 31.4 Å². The van der Waals surface area contributed by atoms with Crippen molar-refractivity contribution in [1.82, 2.24) is 4.98 Å². The first-order valence-corrected chi connectivity index (χ1v) is 8.13. The zero-order chi connectivity index (χ0) is 14.4. The van der Waals surface area contributed by atoms with Gasteiger partial charge in [-0.1, -0.05) is 15.9 Å². The van der Waals surface area contributed by atoms with Gasteiger partial charge in [0.1, 0.15) is 0 Å². The number of thiazole rings is 1. The lowest BCUT2D eigenvalue weighted by atomic mass is 10.2. The molecule has 0 aliphatic heterocycles. The number of halogens is 1. The van der Waals surface area contributed by atoms with E-state index in [1.165, 1.54) is 0 Å². The van der Waals surface area contributed by atoms with Crippen LogP contribution in [0.5, 0.6) is 11.5 Å². The molecule has 1 N–H and O–H groups in total. The number of aromatic nitrogens is 1. The lowest BCUT2D eigenvalue weighted by Gasteiger charge is -2.14. The molecule has 0 fully saturated rings. The summed E-state index contributed by atoms with van der Waals surface area (Å²) in [6.07, 6.45) is 1.78. The molecule has 6 heteroatoms. The maximum Gasteiger partial charge on any atom is 0.182 e. The second-order valence-corrected chi connectivity index (χ2v) is 5.70. The quantitative estimate of drug-likeness (QED) is 0.802. The van der Waals surface area contributed by atoms with E-state index in [0.717, 1.165) is 26.7 Å². The normalized spacial score (nSPS) is 10.3. The zero-order valence-corrected chi connectivity index (χ0v) is 13.9. The number of anilines is 1. The zero-order valence-electron chi connectivity index (χ0n) is 11.5. The summed E-state index contributed by atoms with van der Waals surface area (Å²) in [5.74, 6) is 1.53. The molecular weight excluding hydrogens is 340 g/mol. The monoisotopic (exact) mass is 356 g/mol. The molecule has 0 aliphatic carbocycles. The maximum atomic E-state index is 5.64. The molecule has 4 nitrogen and oxygen atoms in total. The predicted molar refractivity (Wildman–Crippen MR) is 85.9 cm³/mol. The fraction of sp³-hybridized carbons (Fsp3) is 0.357. The summed E-state index contributed by atoms with van der Waals surface area (Å²) in [6.45, 7) is 5.83. The van der Waals surface area contributed by atoms with Crippen molar-refractivity contribution in [2.24, 2.45) is 0 Å². The molecule has 1 aromatic heterocycles. The third kappa shape index (κ3) is 3.86.